The molecule has 0 radical (unpaired) electrons. The monoisotopic (exact) mass is 1340 g/mol. The molecule has 522 valence electrons. The molecule has 1 aromatic heterocycles. The number of nitrogens with zero attached hydrogens (tertiary/aromatic N) is 1. The number of nitrogens with two attached hydrogens (primary N) is 4. The van der Waals surface area contributed by atoms with Crippen LogP contribution in [0.25, 0.3) is 0 Å². The van der Waals surface area contributed by atoms with Gasteiger partial charge in [0, 0.05) is 50.4 Å². The summed E-state index contributed by atoms with van der Waals surface area (Å²) in [6.07, 6.45) is -2.77. The van der Waals surface area contributed by atoms with Crippen molar-refractivity contribution in [3.05, 3.63) is 77.9 Å². The van der Waals surface area contributed by atoms with E-state index in [0.29, 0.717) is 5.56 Å². The third-order valence-corrected chi connectivity index (χ3v) is 14.7. The van der Waals surface area contributed by atoms with Crippen molar-refractivity contribution in [2.45, 2.75) is 184 Å². The van der Waals surface area contributed by atoms with Gasteiger partial charge in [-0.1, -0.05) is 52.0 Å². The van der Waals surface area contributed by atoms with Crippen molar-refractivity contribution in [3.63, 3.8) is 0 Å². The molecule has 95 heavy (non-hydrogen) atoms. The number of rotatable bonds is 44. The van der Waals surface area contributed by atoms with Gasteiger partial charge in [0.15, 0.2) is 0 Å². The molecular weight excluding hydrogens is 1250 g/mol. The van der Waals surface area contributed by atoms with E-state index < -0.39 is 201 Å². The summed E-state index contributed by atoms with van der Waals surface area (Å²) >= 11 is 0. The molecular formula is C61H89N15O19. The molecule has 0 aliphatic heterocycles. The van der Waals surface area contributed by atoms with Crippen LogP contribution in [0.5, 0.6) is 11.5 Å². The van der Waals surface area contributed by atoms with Crippen LogP contribution in [0.3, 0.4) is 0 Å². The van der Waals surface area contributed by atoms with Gasteiger partial charge in [-0.25, -0.2) is 9.78 Å². The number of unbranched alkanes of at least 4 members (excludes halogenated alkanes) is 1. The van der Waals surface area contributed by atoms with Gasteiger partial charge < -0.3 is 101 Å². The topological polar surface area (TPSA) is 581 Å². The van der Waals surface area contributed by atoms with E-state index in [1.807, 2.05) is 0 Å². The number of aromatic nitrogens is 2. The Morgan fingerprint density at radius 3 is 1.18 bits per heavy atom. The van der Waals surface area contributed by atoms with Gasteiger partial charge in [-0.15, -0.1) is 0 Å². The van der Waals surface area contributed by atoms with E-state index in [0.717, 1.165) is 0 Å². The summed E-state index contributed by atoms with van der Waals surface area (Å²) in [5.74, 6) is -16.7. The van der Waals surface area contributed by atoms with E-state index in [9.17, 15) is 92.7 Å². The Kier molecular flexibility index (Phi) is 33.3. The van der Waals surface area contributed by atoms with Crippen LogP contribution < -0.4 is 70.8 Å². The van der Waals surface area contributed by atoms with Crippen LogP contribution in [0.1, 0.15) is 122 Å². The van der Waals surface area contributed by atoms with Gasteiger partial charge in [0.05, 0.1) is 12.4 Å². The molecule has 0 saturated heterocycles. The summed E-state index contributed by atoms with van der Waals surface area (Å²) in [6.45, 7) is 6.63. The van der Waals surface area contributed by atoms with Crippen LogP contribution in [-0.4, -0.2) is 185 Å². The number of imidazole rings is 1. The number of nitrogens with one attached hydrogen (secondary N) is 10. The number of carboxylic acids is 3. The predicted molar refractivity (Wildman–Crippen MR) is 337 cm³/mol. The molecule has 0 bridgehead atoms. The molecule has 0 aliphatic rings. The van der Waals surface area contributed by atoms with E-state index in [1.54, 1.807) is 27.7 Å². The van der Waals surface area contributed by atoms with Gasteiger partial charge >= 0.3 is 17.9 Å². The van der Waals surface area contributed by atoms with Crippen LogP contribution in [0, 0.1) is 11.8 Å². The van der Waals surface area contributed by atoms with E-state index in [2.05, 4.69) is 57.8 Å². The molecule has 3 rings (SSSR count). The first-order valence-electron chi connectivity index (χ1n) is 30.7. The number of benzene rings is 2. The number of primary amides is 2. The molecule has 0 fully saturated rings. The molecule has 1 heterocycles. The average molecular weight is 1340 g/mol. The second-order valence-corrected chi connectivity index (χ2v) is 23.5. The van der Waals surface area contributed by atoms with Crippen LogP contribution in [0.2, 0.25) is 0 Å². The number of carbonyl (C=O) groups excluding carboxylic acids is 11. The SMILES string of the molecule is CC(C)C[C@H](NC(=O)[C@H](CCC(N)=O)NC(=O)[C@H](Cc1ccc(O)cc1)NC(=O)[C@H](CCC(=O)O)NC(=O)[C@H](CCC(=O)O)NC(=O)[C@H](CCCCN)NC(=O)[C@H](Cc1cnc[nH]1)NC(=O)[C@H](CCC(N)=O)NC(=O)[C@@H](N)Cc1ccc(O)cc1)C(=O)N[C@H](C(=O)O)C(C)C. The Bertz CT molecular complexity index is 3110. The Labute approximate surface area is 546 Å². The number of carboxylic acid groups (broad SMARTS) is 3. The van der Waals surface area contributed by atoms with Crippen molar-refractivity contribution < 1.29 is 92.7 Å². The Balaban J connectivity index is 2.01. The second-order valence-electron chi connectivity index (χ2n) is 23.5. The molecule has 10 atom stereocenters. The molecule has 0 saturated carbocycles. The number of aliphatic carboxylic acids is 3. The Hall–Kier alpha value is -10.3. The number of hydrogen-bond acceptors (Lipinski definition) is 19. The lowest BCUT2D eigenvalue weighted by Gasteiger charge is -2.28. The maximum Gasteiger partial charge on any atom is 0.326 e. The molecule has 0 aliphatic carbocycles. The zero-order chi connectivity index (χ0) is 71.1. The number of carbonyl (C=O) groups is 14. The van der Waals surface area contributed by atoms with Crippen LogP contribution in [0.4, 0.5) is 0 Å². The summed E-state index contributed by atoms with van der Waals surface area (Å²) in [6, 6.07) is -4.87. The van der Waals surface area contributed by atoms with Gasteiger partial charge in [-0.05, 0) is 112 Å². The average Bonchev–Trinajstić information content (AvgIpc) is 1.22. The number of aromatic hydroxyl groups is 2. The zero-order valence-electron chi connectivity index (χ0n) is 53.2. The van der Waals surface area contributed by atoms with Crippen LogP contribution in [-0.2, 0) is 86.4 Å². The molecule has 3 aromatic rings. The number of aromatic amines is 1. The first-order valence-corrected chi connectivity index (χ1v) is 30.7. The highest BCUT2D eigenvalue weighted by atomic mass is 16.4. The van der Waals surface area contributed by atoms with Gasteiger partial charge in [-0.2, -0.15) is 0 Å². The third-order valence-electron chi connectivity index (χ3n) is 14.7. The lowest BCUT2D eigenvalue weighted by atomic mass is 9.99. The molecule has 11 amide bonds. The summed E-state index contributed by atoms with van der Waals surface area (Å²) in [5, 5.41) is 71.1. The third kappa shape index (κ3) is 29.5. The van der Waals surface area contributed by atoms with E-state index in [1.165, 1.54) is 61.1 Å². The van der Waals surface area contributed by atoms with E-state index >= 15 is 0 Å². The number of H-pyrrole nitrogens is 1. The first kappa shape index (κ1) is 79.0. The van der Waals surface area contributed by atoms with Gasteiger partial charge in [0.25, 0.3) is 0 Å². The van der Waals surface area contributed by atoms with Crippen molar-refractivity contribution in [1.82, 2.24) is 57.8 Å². The molecule has 34 nitrogen and oxygen atoms in total. The van der Waals surface area contributed by atoms with Gasteiger partial charge in [-0.3, -0.25) is 62.3 Å². The highest BCUT2D eigenvalue weighted by Gasteiger charge is 2.37. The van der Waals surface area contributed by atoms with Crippen molar-refractivity contribution in [3.8, 4) is 11.5 Å². The first-order chi connectivity index (χ1) is 44.8. The molecule has 2 aromatic carbocycles. The minimum Gasteiger partial charge on any atom is -0.508 e. The fourth-order valence-corrected chi connectivity index (χ4v) is 9.48. The standard InChI is InChI=1S/C61H89N15O19/c1-31(2)25-44(60(93)76-51(32(3)4)61(94)95)73-56(89)41(17-21-48(65)80)72-58(91)45(27-34-10-14-37(78)15-11-34)74-57(90)43(19-23-50(83)84)71-54(87)42(18-22-49(81)82)70-53(86)39(7-5-6-24-62)69-59(92)46(28-35-29-66-30-67-35)75-55(88)40(16-20-47(64)79)68-52(85)38(63)26-33-8-12-36(77)13-9-33/h8-15,29-32,38-46,51,77-78H,5-7,16-28,62-63H2,1-4H3,(H2,64,79)(H2,65,80)(H,66,67)(H,68,85)(H,69,92)(H,70,86)(H,71,87)(H,72,91)(H,73,89)(H,74,90)(H,75,88)(H,76,93)(H,81,82)(H,83,84)(H,94,95)/t38-,39-,40-,41-,42-,43-,44-,45-,46-,51-/m0/s1. The summed E-state index contributed by atoms with van der Waals surface area (Å²) < 4.78 is 0. The number of hydrogen-bond donors (Lipinski definition) is 19. The summed E-state index contributed by atoms with van der Waals surface area (Å²) in [4.78, 5) is 194. The smallest absolute Gasteiger partial charge is 0.326 e. The van der Waals surface area contributed by atoms with Gasteiger partial charge in [0.1, 0.15) is 65.9 Å². The van der Waals surface area contributed by atoms with Crippen molar-refractivity contribution in [2.24, 2.45) is 34.8 Å². The minimum atomic E-state index is -1.90. The van der Waals surface area contributed by atoms with Crippen LogP contribution >= 0.6 is 0 Å². The fourth-order valence-electron chi connectivity index (χ4n) is 9.48. The Morgan fingerprint density at radius 2 is 0.811 bits per heavy atom. The predicted octanol–water partition coefficient (Wildman–Crippen LogP) is -3.28. The molecule has 34 heteroatoms. The zero-order valence-corrected chi connectivity index (χ0v) is 53.2. The molecule has 23 N–H and O–H groups in total. The number of phenols is 2. The van der Waals surface area contributed by atoms with Gasteiger partial charge in [0.2, 0.25) is 65.0 Å². The molecule has 0 spiro atoms. The maximum atomic E-state index is 14.5. The largest absolute Gasteiger partial charge is 0.508 e. The number of amides is 11. The normalized spacial score (nSPS) is 14.3. The van der Waals surface area contributed by atoms with Crippen molar-refractivity contribution >= 4 is 82.9 Å². The summed E-state index contributed by atoms with van der Waals surface area (Å²) in [7, 11) is 0. The lowest BCUT2D eigenvalue weighted by Crippen LogP contribution is -2.61. The molecule has 0 unspecified atom stereocenters. The summed E-state index contributed by atoms with van der Waals surface area (Å²) in [5.41, 5.74) is 23.9. The highest BCUT2D eigenvalue weighted by molar-refractivity contribution is 5.99. The fraction of sp³-hybridized carbons (Fsp3) is 0.525. The van der Waals surface area contributed by atoms with E-state index in [-0.39, 0.29) is 80.2 Å². The minimum absolute atomic E-state index is 0.0285. The quantitative estimate of drug-likeness (QED) is 0.0247. The maximum absolute atomic E-state index is 14.5. The lowest BCUT2D eigenvalue weighted by molar-refractivity contribution is -0.143. The Morgan fingerprint density at radius 1 is 0.453 bits per heavy atom. The van der Waals surface area contributed by atoms with Crippen LogP contribution in [0.15, 0.2) is 61.1 Å². The highest BCUT2D eigenvalue weighted by Crippen LogP contribution is 2.16. The van der Waals surface area contributed by atoms with Crippen molar-refractivity contribution in [1.29, 1.82) is 0 Å². The van der Waals surface area contributed by atoms with Crippen molar-refractivity contribution in [2.75, 3.05) is 6.54 Å². The van der Waals surface area contributed by atoms with E-state index in [4.69, 9.17) is 22.9 Å². The number of phenolic OH excluding ortho intramolecular Hbond substituents is 2. The second kappa shape index (κ2) is 40.0.